The van der Waals surface area contributed by atoms with Crippen molar-refractivity contribution in [3.05, 3.63) is 108 Å². The molecule has 4 heteroatoms. The van der Waals surface area contributed by atoms with E-state index in [4.69, 9.17) is 9.97 Å². The van der Waals surface area contributed by atoms with Crippen LogP contribution in [0.1, 0.15) is 22.3 Å². The van der Waals surface area contributed by atoms with E-state index < -0.39 is 0 Å². The molecule has 0 saturated carbocycles. The van der Waals surface area contributed by atoms with Gasteiger partial charge >= 0.3 is 0 Å². The van der Waals surface area contributed by atoms with Gasteiger partial charge < -0.3 is 0 Å². The number of fused-ring (bicyclic) bond motifs is 15. The second-order valence-corrected chi connectivity index (χ2v) is 9.69. The van der Waals surface area contributed by atoms with Crippen LogP contribution in [0.4, 0.5) is 0 Å². The smallest absolute Gasteiger partial charge is 0.146 e. The van der Waals surface area contributed by atoms with E-state index in [1.54, 1.807) is 0 Å². The number of pyridine rings is 3. The molecule has 0 bridgehead atoms. The van der Waals surface area contributed by atoms with Crippen LogP contribution in [0, 0.1) is 0 Å². The summed E-state index contributed by atoms with van der Waals surface area (Å²) in [6.07, 6.45) is 7.56. The lowest BCUT2D eigenvalue weighted by Gasteiger charge is -2.11. The minimum Gasteiger partial charge on any atom is -0.290 e. The van der Waals surface area contributed by atoms with E-state index in [2.05, 4.69) is 64.0 Å². The van der Waals surface area contributed by atoms with Crippen LogP contribution in [-0.4, -0.2) is 19.4 Å². The third-order valence-corrected chi connectivity index (χ3v) is 7.99. The minimum absolute atomic E-state index is 0.904. The fourth-order valence-electron chi connectivity index (χ4n) is 6.48. The van der Waals surface area contributed by atoms with Gasteiger partial charge in [0, 0.05) is 23.2 Å². The Bertz CT molecular complexity index is 2070. The first-order valence-corrected chi connectivity index (χ1v) is 12.0. The lowest BCUT2D eigenvalue weighted by Crippen LogP contribution is -1.94. The number of nitrogens with zero attached hydrogens (tertiary/aromatic N) is 4. The molecular weight excluding hydrogens is 428 g/mol. The van der Waals surface area contributed by atoms with Gasteiger partial charge in [0.05, 0.1) is 22.7 Å². The van der Waals surface area contributed by atoms with Crippen molar-refractivity contribution in [3.8, 4) is 22.3 Å². The van der Waals surface area contributed by atoms with Crippen LogP contribution >= 0.6 is 0 Å². The fraction of sp³-hybridized carbons (Fsp3) is 0.0645. The monoisotopic (exact) mass is 446 g/mol. The van der Waals surface area contributed by atoms with Crippen LogP contribution in [0.15, 0.2) is 85.3 Å². The second-order valence-electron chi connectivity index (χ2n) is 9.69. The molecule has 0 spiro atoms. The Balaban J connectivity index is 1.38. The van der Waals surface area contributed by atoms with Gasteiger partial charge in [-0.05, 0) is 87.7 Å². The van der Waals surface area contributed by atoms with E-state index in [1.807, 2.05) is 30.7 Å². The maximum absolute atomic E-state index is 5.03. The van der Waals surface area contributed by atoms with Crippen LogP contribution in [0.2, 0.25) is 0 Å². The Kier molecular flexibility index (Phi) is 3.11. The number of hydrogen-bond donors (Lipinski definition) is 0. The first-order valence-electron chi connectivity index (χ1n) is 12.0. The molecule has 7 aromatic rings. The quantitative estimate of drug-likeness (QED) is 0.243. The van der Waals surface area contributed by atoms with E-state index in [0.29, 0.717) is 0 Å². The molecule has 0 aliphatic heterocycles. The molecule has 3 aromatic carbocycles. The van der Waals surface area contributed by atoms with Crippen molar-refractivity contribution in [2.75, 3.05) is 0 Å². The van der Waals surface area contributed by atoms with Gasteiger partial charge in [0.1, 0.15) is 11.2 Å². The molecule has 0 fully saturated rings. The molecule has 0 saturated heterocycles. The highest BCUT2D eigenvalue weighted by Crippen LogP contribution is 2.48. The first kappa shape index (κ1) is 17.8. The molecule has 0 radical (unpaired) electrons. The van der Waals surface area contributed by atoms with E-state index in [0.717, 1.165) is 45.9 Å². The zero-order valence-electron chi connectivity index (χ0n) is 18.8. The molecule has 2 aliphatic carbocycles. The maximum atomic E-state index is 5.03. The summed E-state index contributed by atoms with van der Waals surface area (Å²) in [7, 11) is 0. The van der Waals surface area contributed by atoms with Gasteiger partial charge in [0.25, 0.3) is 0 Å². The number of benzene rings is 3. The Labute approximate surface area is 200 Å². The van der Waals surface area contributed by atoms with Gasteiger partial charge in [0.15, 0.2) is 0 Å². The fourth-order valence-corrected chi connectivity index (χ4v) is 6.48. The summed E-state index contributed by atoms with van der Waals surface area (Å²) in [4.78, 5) is 14.2. The minimum atomic E-state index is 0.904. The molecule has 0 unspecified atom stereocenters. The summed E-state index contributed by atoms with van der Waals surface area (Å²) in [5.41, 5.74) is 16.3. The summed E-state index contributed by atoms with van der Waals surface area (Å²) in [5.74, 6) is 0. The van der Waals surface area contributed by atoms with Crippen LogP contribution in [-0.2, 0) is 12.8 Å². The van der Waals surface area contributed by atoms with Crippen molar-refractivity contribution < 1.29 is 0 Å². The van der Waals surface area contributed by atoms with Crippen molar-refractivity contribution in [2.24, 2.45) is 0 Å². The van der Waals surface area contributed by atoms with Gasteiger partial charge in [-0.1, -0.05) is 36.4 Å². The third kappa shape index (κ3) is 2.15. The van der Waals surface area contributed by atoms with E-state index in [9.17, 15) is 0 Å². The van der Waals surface area contributed by atoms with Crippen molar-refractivity contribution in [1.29, 1.82) is 0 Å². The Morgan fingerprint density at radius 3 is 2.46 bits per heavy atom. The van der Waals surface area contributed by atoms with Crippen LogP contribution in [0.25, 0.3) is 60.7 Å². The second kappa shape index (κ2) is 6.10. The average molecular weight is 447 g/mol. The van der Waals surface area contributed by atoms with Gasteiger partial charge in [-0.2, -0.15) is 0 Å². The summed E-state index contributed by atoms with van der Waals surface area (Å²) < 4.78 is 2.24. The normalized spacial score (nSPS) is 13.5. The summed E-state index contributed by atoms with van der Waals surface area (Å²) in [6, 6.07) is 24.4. The molecule has 2 aliphatic rings. The van der Waals surface area contributed by atoms with Crippen molar-refractivity contribution in [3.63, 3.8) is 0 Å². The molecule has 4 aromatic heterocycles. The van der Waals surface area contributed by atoms with Crippen LogP contribution < -0.4 is 0 Å². The molecule has 0 amide bonds. The summed E-state index contributed by atoms with van der Waals surface area (Å²) in [6.45, 7) is 0. The van der Waals surface area contributed by atoms with Crippen molar-refractivity contribution in [2.45, 2.75) is 12.8 Å². The van der Waals surface area contributed by atoms with Gasteiger partial charge in [-0.3, -0.25) is 14.4 Å². The maximum Gasteiger partial charge on any atom is 0.146 e. The van der Waals surface area contributed by atoms with Crippen molar-refractivity contribution in [1.82, 2.24) is 19.4 Å². The number of hydrogen-bond acceptors (Lipinski definition) is 3. The highest BCUT2D eigenvalue weighted by Gasteiger charge is 2.28. The number of rotatable bonds is 0. The Hall–Kier alpha value is -4.57. The molecule has 162 valence electrons. The van der Waals surface area contributed by atoms with Gasteiger partial charge in [0.2, 0.25) is 0 Å². The van der Waals surface area contributed by atoms with Gasteiger partial charge in [-0.15, -0.1) is 0 Å². The summed E-state index contributed by atoms with van der Waals surface area (Å²) >= 11 is 0. The largest absolute Gasteiger partial charge is 0.290 e. The Morgan fingerprint density at radius 1 is 0.657 bits per heavy atom. The lowest BCUT2D eigenvalue weighted by atomic mass is 9.96. The predicted molar refractivity (Wildman–Crippen MR) is 140 cm³/mol. The van der Waals surface area contributed by atoms with E-state index >= 15 is 0 Å². The first-order chi connectivity index (χ1) is 17.3. The molecule has 4 nitrogen and oxygen atoms in total. The van der Waals surface area contributed by atoms with Crippen LogP contribution in [0.3, 0.4) is 0 Å². The topological polar surface area (TPSA) is 43.1 Å². The zero-order chi connectivity index (χ0) is 22.7. The average Bonchev–Trinajstić information content (AvgIpc) is 3.59. The zero-order valence-corrected chi connectivity index (χ0v) is 18.8. The number of aromatic nitrogens is 4. The molecule has 35 heavy (non-hydrogen) atoms. The predicted octanol–water partition coefficient (Wildman–Crippen LogP) is 6.73. The molecule has 9 rings (SSSR count). The molecule has 0 atom stereocenters. The van der Waals surface area contributed by atoms with Gasteiger partial charge in [-0.25, -0.2) is 4.98 Å². The highest BCUT2D eigenvalue weighted by molar-refractivity contribution is 6.14. The molecular formula is C31H18N4. The standard InChI is InChI=1S/C31H18N4/c1-2-5-19-17(4-1)12-23-20(19)7-8-21-22-15-26-25(14-18(22)13-24(21)23)30-29(6-3-10-33-30)35-28-9-11-32-16-27(28)34-31(26)35/h1-11,14-16H,12-13H2. The SMILES string of the molecule is c1ccc2c(c1)Cc1c-2ccc2c1Cc1cc3c(cc1-2)c1nc2cnccc2n1c1cccnc31. The molecule has 0 N–H and O–H groups in total. The molecule has 4 heterocycles. The van der Waals surface area contributed by atoms with Crippen molar-refractivity contribution >= 4 is 38.5 Å². The van der Waals surface area contributed by atoms with E-state index in [-0.39, 0.29) is 0 Å². The Morgan fingerprint density at radius 2 is 1.51 bits per heavy atom. The number of imidazole rings is 1. The third-order valence-electron chi connectivity index (χ3n) is 7.99. The lowest BCUT2D eigenvalue weighted by molar-refractivity contribution is 1.16. The highest BCUT2D eigenvalue weighted by atomic mass is 15.0. The van der Waals surface area contributed by atoms with E-state index in [1.165, 1.54) is 49.9 Å². The van der Waals surface area contributed by atoms with Crippen LogP contribution in [0.5, 0.6) is 0 Å². The summed E-state index contributed by atoms with van der Waals surface area (Å²) in [5, 5.41) is 2.31.